The van der Waals surface area contributed by atoms with Crippen LogP contribution in [0.15, 0.2) is 42.0 Å². The molecule has 5 rings (SSSR count). The molecule has 1 N–H and O–H groups in total. The Labute approximate surface area is 214 Å². The van der Waals surface area contributed by atoms with E-state index in [1.165, 1.54) is 12.5 Å². The molecule has 3 aromatic rings. The predicted octanol–water partition coefficient (Wildman–Crippen LogP) is 6.66. The van der Waals surface area contributed by atoms with Crippen LogP contribution in [0.3, 0.4) is 0 Å². The fourth-order valence-corrected chi connectivity index (χ4v) is 6.72. The molecule has 2 fully saturated rings. The third-order valence-electron chi connectivity index (χ3n) is 7.39. The number of nitrogens with zero attached hydrogens (tertiary/aromatic N) is 4. The van der Waals surface area contributed by atoms with Gasteiger partial charge in [0.1, 0.15) is 10.5 Å². The zero-order valence-corrected chi connectivity index (χ0v) is 21.6. The molecule has 36 heavy (non-hydrogen) atoms. The Bertz CT molecular complexity index is 1180. The van der Waals surface area contributed by atoms with Crippen molar-refractivity contribution in [3.8, 4) is 0 Å². The van der Waals surface area contributed by atoms with E-state index >= 15 is 0 Å². The van der Waals surface area contributed by atoms with Crippen molar-refractivity contribution in [3.63, 3.8) is 0 Å². The Morgan fingerprint density at radius 2 is 1.86 bits per heavy atom. The third kappa shape index (κ3) is 5.27. The van der Waals surface area contributed by atoms with Crippen LogP contribution in [0, 0.1) is 5.41 Å². The van der Waals surface area contributed by atoms with Gasteiger partial charge in [0.05, 0.1) is 23.2 Å². The van der Waals surface area contributed by atoms with Crippen molar-refractivity contribution >= 4 is 17.0 Å². The minimum atomic E-state index is -4.46. The molecule has 2 aliphatic rings. The molecule has 0 bridgehead atoms. The number of rotatable bonds is 7. The van der Waals surface area contributed by atoms with E-state index in [9.17, 15) is 13.2 Å². The number of alkyl halides is 3. The highest BCUT2D eigenvalue weighted by atomic mass is 32.1. The van der Waals surface area contributed by atoms with E-state index in [2.05, 4.69) is 45.3 Å². The number of benzene rings is 1. The Morgan fingerprint density at radius 3 is 2.53 bits per heavy atom. The van der Waals surface area contributed by atoms with Gasteiger partial charge in [0.15, 0.2) is 0 Å². The summed E-state index contributed by atoms with van der Waals surface area (Å²) in [5.74, 6) is 0. The molecule has 192 valence electrons. The minimum absolute atomic E-state index is 0.000405. The van der Waals surface area contributed by atoms with Crippen LogP contribution in [0.25, 0.3) is 0 Å². The molecular weight excluding hydrogens is 483 g/mol. The van der Waals surface area contributed by atoms with Crippen molar-refractivity contribution in [2.24, 2.45) is 5.41 Å². The second-order valence-corrected chi connectivity index (χ2v) is 11.8. The Morgan fingerprint density at radius 1 is 1.08 bits per heavy atom. The van der Waals surface area contributed by atoms with E-state index in [0.29, 0.717) is 12.1 Å². The highest BCUT2D eigenvalue weighted by molar-refractivity contribution is 7.09. The number of halogens is 3. The number of likely N-dealkylation sites (tertiary alicyclic amines) is 1. The first-order valence-electron chi connectivity index (χ1n) is 12.5. The van der Waals surface area contributed by atoms with Crippen LogP contribution in [0.4, 0.5) is 18.9 Å². The average Bonchev–Trinajstić information content (AvgIpc) is 3.37. The maximum Gasteiger partial charge on any atom is 0.418 e. The summed E-state index contributed by atoms with van der Waals surface area (Å²) in [5.41, 5.74) is 3.61. The van der Waals surface area contributed by atoms with Gasteiger partial charge >= 0.3 is 6.18 Å². The summed E-state index contributed by atoms with van der Waals surface area (Å²) < 4.78 is 41.8. The Hall–Kier alpha value is -2.52. The van der Waals surface area contributed by atoms with E-state index in [0.717, 1.165) is 55.0 Å². The Kier molecular flexibility index (Phi) is 6.80. The van der Waals surface area contributed by atoms with Gasteiger partial charge in [-0.15, -0.1) is 21.5 Å². The number of nitrogens with one attached hydrogen (secondary N) is 1. The molecule has 0 atom stereocenters. The minimum Gasteiger partial charge on any atom is -0.379 e. The molecule has 1 aliphatic carbocycles. The Balaban J connectivity index is 1.35. The van der Waals surface area contributed by atoms with E-state index in [4.69, 9.17) is 0 Å². The molecule has 0 radical (unpaired) electrons. The second kappa shape index (κ2) is 9.74. The first kappa shape index (κ1) is 25.1. The molecule has 2 aromatic heterocycles. The van der Waals surface area contributed by atoms with Crippen molar-refractivity contribution in [3.05, 3.63) is 69.4 Å². The van der Waals surface area contributed by atoms with Crippen LogP contribution in [-0.4, -0.2) is 33.2 Å². The fraction of sp³-hybridized carbons (Fsp3) is 0.519. The molecule has 1 saturated heterocycles. The van der Waals surface area contributed by atoms with Crippen molar-refractivity contribution < 1.29 is 13.2 Å². The van der Waals surface area contributed by atoms with Gasteiger partial charge in [-0.1, -0.05) is 32.4 Å². The molecule has 0 amide bonds. The lowest BCUT2D eigenvalue weighted by atomic mass is 9.52. The smallest absolute Gasteiger partial charge is 0.379 e. The highest BCUT2D eigenvalue weighted by Crippen LogP contribution is 2.59. The first-order chi connectivity index (χ1) is 17.1. The standard InChI is InChI=1S/C27H32F3N5S/c1-25(2)16-26(17-25,24-34-33-18-36-24)20-7-6-8-21(12-20)31-14-23-22(27(28,29)30)11-19(13-32-23)15-35-9-4-3-5-10-35/h6-8,11-13,18,31H,3-5,9-10,14-17H2,1-2H3. The van der Waals surface area contributed by atoms with Gasteiger partial charge in [-0.3, -0.25) is 9.88 Å². The number of hydrogen-bond acceptors (Lipinski definition) is 6. The van der Waals surface area contributed by atoms with Crippen LogP contribution in [-0.2, 0) is 24.7 Å². The predicted molar refractivity (Wildman–Crippen MR) is 136 cm³/mol. The van der Waals surface area contributed by atoms with E-state index in [1.807, 2.05) is 18.2 Å². The number of hydrogen-bond donors (Lipinski definition) is 1. The molecule has 1 aromatic carbocycles. The summed E-state index contributed by atoms with van der Waals surface area (Å²) in [7, 11) is 0. The van der Waals surface area contributed by atoms with Gasteiger partial charge in [-0.05, 0) is 73.5 Å². The first-order valence-corrected chi connectivity index (χ1v) is 13.4. The van der Waals surface area contributed by atoms with Crippen molar-refractivity contribution in [2.45, 2.75) is 70.6 Å². The van der Waals surface area contributed by atoms with E-state index in [1.54, 1.807) is 23.0 Å². The zero-order chi connectivity index (χ0) is 25.4. The van der Waals surface area contributed by atoms with Crippen LogP contribution >= 0.6 is 11.3 Å². The van der Waals surface area contributed by atoms with Crippen molar-refractivity contribution in [1.82, 2.24) is 20.1 Å². The maximum atomic E-state index is 13.9. The molecule has 0 spiro atoms. The normalized spacial score (nSPS) is 19.6. The van der Waals surface area contributed by atoms with Gasteiger partial charge in [0.25, 0.3) is 0 Å². The monoisotopic (exact) mass is 515 g/mol. The summed E-state index contributed by atoms with van der Waals surface area (Å²) in [6.45, 7) is 6.85. The highest BCUT2D eigenvalue weighted by Gasteiger charge is 2.53. The average molecular weight is 516 g/mol. The third-order valence-corrected chi connectivity index (χ3v) is 8.29. The quantitative estimate of drug-likeness (QED) is 0.382. The molecule has 1 aliphatic heterocycles. The number of piperidine rings is 1. The fourth-order valence-electron chi connectivity index (χ4n) is 5.94. The SMILES string of the molecule is CC1(C)CC(c2cccc(NCc3ncc(CN4CCCCC4)cc3C(F)(F)F)c2)(c2nncs2)C1. The molecule has 5 nitrogen and oxygen atoms in total. The van der Waals surface area contributed by atoms with Crippen LogP contribution in [0.5, 0.6) is 0 Å². The molecule has 0 unspecified atom stereocenters. The van der Waals surface area contributed by atoms with Crippen molar-refractivity contribution in [2.75, 3.05) is 18.4 Å². The number of aromatic nitrogens is 3. The van der Waals surface area contributed by atoms with Gasteiger partial charge in [-0.2, -0.15) is 13.2 Å². The topological polar surface area (TPSA) is 53.9 Å². The largest absolute Gasteiger partial charge is 0.418 e. The molecule has 1 saturated carbocycles. The maximum absolute atomic E-state index is 13.9. The summed E-state index contributed by atoms with van der Waals surface area (Å²) in [6, 6.07) is 9.23. The van der Waals surface area contributed by atoms with Crippen LogP contribution in [0.1, 0.15) is 73.3 Å². The molecular formula is C27H32F3N5S. The zero-order valence-electron chi connectivity index (χ0n) is 20.7. The number of anilines is 1. The van der Waals surface area contributed by atoms with E-state index < -0.39 is 11.7 Å². The summed E-state index contributed by atoms with van der Waals surface area (Å²) in [4.78, 5) is 6.47. The molecule has 3 heterocycles. The van der Waals surface area contributed by atoms with Gasteiger partial charge in [0, 0.05) is 18.4 Å². The lowest BCUT2D eigenvalue weighted by Crippen LogP contribution is -2.47. The van der Waals surface area contributed by atoms with Gasteiger partial charge in [-0.25, -0.2) is 0 Å². The second-order valence-electron chi connectivity index (χ2n) is 11.0. The van der Waals surface area contributed by atoms with Gasteiger partial charge < -0.3 is 5.32 Å². The van der Waals surface area contributed by atoms with Crippen LogP contribution < -0.4 is 5.32 Å². The van der Waals surface area contributed by atoms with E-state index in [-0.39, 0.29) is 23.1 Å². The summed E-state index contributed by atoms with van der Waals surface area (Å²) in [5, 5.41) is 12.6. The summed E-state index contributed by atoms with van der Waals surface area (Å²) >= 11 is 1.55. The summed E-state index contributed by atoms with van der Waals surface area (Å²) in [6.07, 6.45) is 2.43. The lowest BCUT2D eigenvalue weighted by molar-refractivity contribution is -0.138. The molecule has 9 heteroatoms. The van der Waals surface area contributed by atoms with Crippen molar-refractivity contribution in [1.29, 1.82) is 0 Å². The van der Waals surface area contributed by atoms with Crippen LogP contribution in [0.2, 0.25) is 0 Å². The lowest BCUT2D eigenvalue weighted by Gasteiger charge is -2.52. The number of pyridine rings is 1. The van der Waals surface area contributed by atoms with Gasteiger partial charge in [0.2, 0.25) is 0 Å².